The molecule has 1 amide bonds. The first kappa shape index (κ1) is 33.5. The quantitative estimate of drug-likeness (QED) is 0.251. The number of hydrogen-bond donors (Lipinski definition) is 1. The Morgan fingerprint density at radius 2 is 1.86 bits per heavy atom. The standard InChI is InChI=1S/C35H40F2N8O3S/c1-18(2)43-9-11-44(12-10-43)25-7-8-45(19(25)3)33-40-14-21-22-16-47-17-23(22)26(28(37)29(21)41-33)30-27-20(13-38)32(42-34(46)48-35(4,5)6)49-31(27)24(36)15-39-30/h14-15,18-19,25H,7-12,16-17H2,1-6H3,(H,42,46)/t19-,25-/m0/s1. The molecule has 0 saturated carbocycles. The lowest BCUT2D eigenvalue weighted by atomic mass is 9.94. The number of hydrogen-bond acceptors (Lipinski definition) is 11. The van der Waals surface area contributed by atoms with Crippen LogP contribution in [0.2, 0.25) is 0 Å². The molecular weight excluding hydrogens is 651 g/mol. The van der Waals surface area contributed by atoms with Gasteiger partial charge in [0.05, 0.1) is 35.4 Å². The van der Waals surface area contributed by atoms with Gasteiger partial charge in [0.2, 0.25) is 5.95 Å². The summed E-state index contributed by atoms with van der Waals surface area (Å²) in [4.78, 5) is 33.7. The molecule has 258 valence electrons. The fourth-order valence-electron chi connectivity index (χ4n) is 7.42. The van der Waals surface area contributed by atoms with Crippen molar-refractivity contribution in [2.45, 2.75) is 84.9 Å². The van der Waals surface area contributed by atoms with Gasteiger partial charge in [-0.25, -0.2) is 23.5 Å². The Morgan fingerprint density at radius 1 is 1.12 bits per heavy atom. The number of carbonyl (C=O) groups excluding carboxylic acids is 1. The molecular formula is C35H40F2N8O3S. The van der Waals surface area contributed by atoms with Gasteiger partial charge in [-0.1, -0.05) is 0 Å². The van der Waals surface area contributed by atoms with Gasteiger partial charge in [-0.15, -0.1) is 11.3 Å². The molecule has 2 saturated heterocycles. The molecule has 0 aliphatic carbocycles. The average Bonchev–Trinajstić information content (AvgIpc) is 3.78. The van der Waals surface area contributed by atoms with Crippen LogP contribution in [-0.2, 0) is 22.7 Å². The van der Waals surface area contributed by atoms with Crippen LogP contribution in [0.3, 0.4) is 0 Å². The molecule has 3 aromatic heterocycles. The topological polar surface area (TPSA) is 120 Å². The second-order valence-corrected chi connectivity index (χ2v) is 15.3. The van der Waals surface area contributed by atoms with Gasteiger partial charge in [0.1, 0.15) is 22.2 Å². The maximum atomic E-state index is 17.0. The molecule has 3 aliphatic rings. The van der Waals surface area contributed by atoms with Crippen molar-refractivity contribution in [3.8, 4) is 17.3 Å². The van der Waals surface area contributed by atoms with Gasteiger partial charge in [0, 0.05) is 73.4 Å². The van der Waals surface area contributed by atoms with Crippen molar-refractivity contribution >= 4 is 49.4 Å². The molecule has 1 N–H and O–H groups in total. The highest BCUT2D eigenvalue weighted by atomic mass is 32.1. The van der Waals surface area contributed by atoms with Crippen LogP contribution in [0, 0.1) is 23.0 Å². The summed E-state index contributed by atoms with van der Waals surface area (Å²) in [6, 6.07) is 3.07. The van der Waals surface area contributed by atoms with Crippen LogP contribution >= 0.6 is 11.3 Å². The molecule has 3 aliphatic heterocycles. The van der Waals surface area contributed by atoms with Crippen LogP contribution < -0.4 is 10.2 Å². The number of amides is 1. The monoisotopic (exact) mass is 690 g/mol. The molecule has 0 unspecified atom stereocenters. The van der Waals surface area contributed by atoms with E-state index in [0.717, 1.165) is 62.2 Å². The van der Waals surface area contributed by atoms with Crippen molar-refractivity contribution in [2.24, 2.45) is 0 Å². The SMILES string of the molecule is CC(C)N1CCN([C@H]2CCN(c3ncc4c5c(c(-c6ncc(F)c7sc(NC(=O)OC(C)(C)C)c(C#N)c67)c(F)c4n3)COC5)[C@H]2C)CC1. The number of rotatable bonds is 5. The van der Waals surface area contributed by atoms with Crippen LogP contribution in [0.4, 0.5) is 24.5 Å². The molecule has 6 heterocycles. The predicted octanol–water partition coefficient (Wildman–Crippen LogP) is 6.43. The van der Waals surface area contributed by atoms with E-state index in [-0.39, 0.29) is 56.7 Å². The first-order chi connectivity index (χ1) is 23.4. The van der Waals surface area contributed by atoms with E-state index in [9.17, 15) is 10.1 Å². The van der Waals surface area contributed by atoms with Crippen molar-refractivity contribution < 1.29 is 23.0 Å². The van der Waals surface area contributed by atoms with Crippen LogP contribution in [-0.4, -0.2) is 87.3 Å². The van der Waals surface area contributed by atoms with E-state index in [1.165, 1.54) is 0 Å². The third kappa shape index (κ3) is 5.96. The number of carbonyl (C=O) groups is 1. The normalized spacial score (nSPS) is 20.4. The van der Waals surface area contributed by atoms with Crippen LogP contribution in [0.25, 0.3) is 32.2 Å². The summed E-state index contributed by atoms with van der Waals surface area (Å²) in [6.07, 6.45) is 2.84. The summed E-state index contributed by atoms with van der Waals surface area (Å²) in [5, 5.41) is 13.6. The Morgan fingerprint density at radius 3 is 2.55 bits per heavy atom. The Hall–Kier alpha value is -4.03. The van der Waals surface area contributed by atoms with Crippen LogP contribution in [0.15, 0.2) is 12.4 Å². The molecule has 2 fully saturated rings. The molecule has 49 heavy (non-hydrogen) atoms. The van der Waals surface area contributed by atoms with Crippen LogP contribution in [0.5, 0.6) is 0 Å². The molecule has 4 aromatic rings. The highest BCUT2D eigenvalue weighted by Crippen LogP contribution is 2.46. The van der Waals surface area contributed by atoms with E-state index in [0.29, 0.717) is 29.0 Å². The van der Waals surface area contributed by atoms with Crippen molar-refractivity contribution in [2.75, 3.05) is 42.9 Å². The molecule has 1 aromatic carbocycles. The maximum absolute atomic E-state index is 17.0. The second kappa shape index (κ2) is 12.7. The summed E-state index contributed by atoms with van der Waals surface area (Å²) < 4.78 is 43.5. The lowest BCUT2D eigenvalue weighted by Crippen LogP contribution is -2.54. The highest BCUT2D eigenvalue weighted by Gasteiger charge is 2.38. The minimum atomic E-state index is -0.794. The number of fused-ring (bicyclic) bond motifs is 4. The van der Waals surface area contributed by atoms with E-state index in [1.807, 2.05) is 0 Å². The van der Waals surface area contributed by atoms with Gasteiger partial charge in [0.15, 0.2) is 11.6 Å². The maximum Gasteiger partial charge on any atom is 0.412 e. The number of aromatic nitrogens is 3. The number of nitrogens with one attached hydrogen (secondary N) is 1. The fraction of sp³-hybridized carbons (Fsp3) is 0.514. The number of halogens is 2. The molecule has 14 heteroatoms. The third-order valence-corrected chi connectivity index (χ3v) is 11.0. The van der Waals surface area contributed by atoms with Crippen LogP contribution in [0.1, 0.15) is 64.7 Å². The van der Waals surface area contributed by atoms with Gasteiger partial charge in [0.25, 0.3) is 0 Å². The smallest absolute Gasteiger partial charge is 0.412 e. The first-order valence-electron chi connectivity index (χ1n) is 16.7. The Bertz CT molecular complexity index is 2000. The van der Waals surface area contributed by atoms with Gasteiger partial charge in [-0.05, 0) is 59.1 Å². The number of piperazine rings is 1. The highest BCUT2D eigenvalue weighted by molar-refractivity contribution is 7.23. The lowest BCUT2D eigenvalue weighted by molar-refractivity contribution is 0.0636. The zero-order valence-electron chi connectivity index (χ0n) is 28.6. The van der Waals surface area contributed by atoms with Gasteiger partial charge >= 0.3 is 6.09 Å². The zero-order chi connectivity index (χ0) is 34.8. The summed E-state index contributed by atoms with van der Waals surface area (Å²) >= 11 is 0.872. The number of pyridine rings is 1. The van der Waals surface area contributed by atoms with Crippen molar-refractivity contribution in [1.82, 2.24) is 24.8 Å². The number of nitrogens with zero attached hydrogens (tertiary/aromatic N) is 7. The largest absolute Gasteiger partial charge is 0.444 e. The molecule has 0 radical (unpaired) electrons. The summed E-state index contributed by atoms with van der Waals surface area (Å²) in [5.74, 6) is -0.894. The summed E-state index contributed by atoms with van der Waals surface area (Å²) in [6.45, 7) is 16.9. The van der Waals surface area contributed by atoms with Crippen molar-refractivity contribution in [3.05, 3.63) is 40.7 Å². The summed E-state index contributed by atoms with van der Waals surface area (Å²) in [5.41, 5.74) is 0.751. The average molecular weight is 691 g/mol. The van der Waals surface area contributed by atoms with Crippen molar-refractivity contribution in [1.29, 1.82) is 5.26 Å². The minimum absolute atomic E-state index is 0.0328. The fourth-order valence-corrected chi connectivity index (χ4v) is 8.46. The Labute approximate surface area is 287 Å². The Kier molecular flexibility index (Phi) is 8.67. The van der Waals surface area contributed by atoms with E-state index in [4.69, 9.17) is 19.4 Å². The second-order valence-electron chi connectivity index (χ2n) is 14.2. The molecule has 0 bridgehead atoms. The molecule has 0 spiro atoms. The Balaban J connectivity index is 1.29. The third-order valence-electron chi connectivity index (χ3n) is 9.84. The van der Waals surface area contributed by atoms with Gasteiger partial charge in [-0.2, -0.15) is 5.26 Å². The van der Waals surface area contributed by atoms with E-state index in [1.54, 1.807) is 27.0 Å². The molecule has 11 nitrogen and oxygen atoms in total. The number of thiophene rings is 1. The van der Waals surface area contributed by atoms with E-state index >= 15 is 8.78 Å². The molecule has 7 rings (SSSR count). The van der Waals surface area contributed by atoms with E-state index in [2.05, 4.69) is 51.8 Å². The van der Waals surface area contributed by atoms with Gasteiger partial charge < -0.3 is 14.4 Å². The minimum Gasteiger partial charge on any atom is -0.444 e. The molecule has 2 atom stereocenters. The van der Waals surface area contributed by atoms with Crippen molar-refractivity contribution in [3.63, 3.8) is 0 Å². The number of benzene rings is 1. The van der Waals surface area contributed by atoms with Gasteiger partial charge in [-0.3, -0.25) is 20.1 Å². The first-order valence-corrected chi connectivity index (χ1v) is 17.5. The predicted molar refractivity (Wildman–Crippen MR) is 185 cm³/mol. The summed E-state index contributed by atoms with van der Waals surface area (Å²) in [7, 11) is 0. The zero-order valence-corrected chi connectivity index (χ0v) is 29.4. The number of ether oxygens (including phenoxy) is 2. The number of nitriles is 1. The van der Waals surface area contributed by atoms with E-state index < -0.39 is 23.3 Å². The lowest BCUT2D eigenvalue weighted by Gasteiger charge is -2.41. The number of anilines is 2.